The summed E-state index contributed by atoms with van der Waals surface area (Å²) in [5, 5.41) is 9.79. The number of hydrogen-bond acceptors (Lipinski definition) is 3. The van der Waals surface area contributed by atoms with Crippen molar-refractivity contribution in [1.29, 1.82) is 0 Å². The Bertz CT molecular complexity index is 1020. The van der Waals surface area contributed by atoms with Crippen LogP contribution in [0.2, 0.25) is 0 Å². The molecule has 31 heavy (non-hydrogen) atoms. The van der Waals surface area contributed by atoms with Gasteiger partial charge in [0, 0.05) is 11.1 Å². The van der Waals surface area contributed by atoms with E-state index in [0.717, 1.165) is 0 Å². The van der Waals surface area contributed by atoms with Gasteiger partial charge in [0.1, 0.15) is 17.1 Å². The zero-order valence-electron chi connectivity index (χ0n) is 14.0. The van der Waals surface area contributed by atoms with Crippen molar-refractivity contribution < 1.29 is 67.4 Å². The molecule has 2 aliphatic carbocycles. The number of halogens is 12. The van der Waals surface area contributed by atoms with Crippen molar-refractivity contribution in [3.05, 3.63) is 40.7 Å². The van der Waals surface area contributed by atoms with Crippen molar-refractivity contribution in [2.45, 2.75) is 29.9 Å². The van der Waals surface area contributed by atoms with Gasteiger partial charge >= 0.3 is 29.9 Å². The van der Waals surface area contributed by atoms with Gasteiger partial charge in [0.25, 0.3) is 5.41 Å². The van der Waals surface area contributed by atoms with E-state index in [1.807, 2.05) is 0 Å². The van der Waals surface area contributed by atoms with Crippen molar-refractivity contribution in [1.82, 2.24) is 0 Å². The molecule has 0 heterocycles. The van der Waals surface area contributed by atoms with E-state index in [2.05, 4.69) is 0 Å². The van der Waals surface area contributed by atoms with Crippen molar-refractivity contribution >= 4 is 17.3 Å². The summed E-state index contributed by atoms with van der Waals surface area (Å²) in [6.07, 6.45) is -7.49. The second-order valence-corrected chi connectivity index (χ2v) is 6.62. The molecule has 0 saturated heterocycles. The summed E-state index contributed by atoms with van der Waals surface area (Å²) < 4.78 is 165. The molecule has 0 aliphatic heterocycles. The lowest BCUT2D eigenvalue weighted by Gasteiger charge is -2.38. The predicted molar refractivity (Wildman–Crippen MR) is 73.6 cm³/mol. The van der Waals surface area contributed by atoms with Crippen LogP contribution in [0, 0.1) is 11.2 Å². The van der Waals surface area contributed by atoms with E-state index in [9.17, 15) is 67.4 Å². The maximum Gasteiger partial charge on any atom is 0.414 e. The summed E-state index contributed by atoms with van der Waals surface area (Å²) >= 11 is 0. The average molecular weight is 472 g/mol. The van der Waals surface area contributed by atoms with Crippen LogP contribution in [-0.4, -0.2) is 46.5 Å². The molecule has 1 aromatic rings. The van der Waals surface area contributed by atoms with Gasteiger partial charge in [-0.2, -0.15) is 48.3 Å². The molecule has 0 amide bonds. The van der Waals surface area contributed by atoms with Crippen LogP contribution in [0.3, 0.4) is 0 Å². The number of Topliss-reactive ketones (excluding diaryl/α,β-unsaturated/α-hetero) is 2. The van der Waals surface area contributed by atoms with Crippen LogP contribution < -0.4 is 0 Å². The molecule has 1 aromatic carbocycles. The summed E-state index contributed by atoms with van der Waals surface area (Å²) in [5.74, 6) is -39.3. The van der Waals surface area contributed by atoms with Gasteiger partial charge in [-0.3, -0.25) is 9.59 Å². The fourth-order valence-electron chi connectivity index (χ4n) is 3.52. The number of aliphatic hydroxyl groups is 1. The molecule has 2 aliphatic rings. The number of benzene rings is 1. The maximum atomic E-state index is 14.2. The molecule has 0 radical (unpaired) electrons. The Kier molecular flexibility index (Phi) is 4.24. The molecular weight excluding hydrogens is 468 g/mol. The quantitative estimate of drug-likeness (QED) is 0.489. The van der Waals surface area contributed by atoms with Gasteiger partial charge in [-0.1, -0.05) is 0 Å². The summed E-state index contributed by atoms with van der Waals surface area (Å²) in [5.41, 5.74) is -11.9. The van der Waals surface area contributed by atoms with Crippen LogP contribution in [0.1, 0.15) is 15.9 Å². The lowest BCUT2D eigenvalue weighted by molar-refractivity contribution is -0.341. The molecule has 3 nitrogen and oxygen atoms in total. The van der Waals surface area contributed by atoms with Crippen LogP contribution in [0.15, 0.2) is 23.8 Å². The van der Waals surface area contributed by atoms with E-state index in [0.29, 0.717) is 12.1 Å². The predicted octanol–water partition coefficient (Wildman–Crippen LogP) is 4.96. The van der Waals surface area contributed by atoms with Gasteiger partial charge in [0.05, 0.1) is 0 Å². The monoisotopic (exact) mass is 472 g/mol. The highest BCUT2D eigenvalue weighted by molar-refractivity contribution is 6.35. The summed E-state index contributed by atoms with van der Waals surface area (Å²) in [4.78, 5) is 24.5. The van der Waals surface area contributed by atoms with Crippen molar-refractivity contribution in [2.24, 2.45) is 5.41 Å². The Morgan fingerprint density at radius 3 is 1.68 bits per heavy atom. The van der Waals surface area contributed by atoms with Gasteiger partial charge in [0.15, 0.2) is 5.78 Å². The summed E-state index contributed by atoms with van der Waals surface area (Å²) in [6.45, 7) is 0. The zero-order valence-corrected chi connectivity index (χ0v) is 14.0. The molecule has 15 heteroatoms. The molecule has 0 aromatic heterocycles. The minimum absolute atomic E-state index is 0.178. The second-order valence-electron chi connectivity index (χ2n) is 6.62. The van der Waals surface area contributed by atoms with E-state index in [1.54, 1.807) is 0 Å². The first-order valence-electron chi connectivity index (χ1n) is 7.64. The molecule has 170 valence electrons. The third-order valence-electron chi connectivity index (χ3n) is 5.06. The number of hydrogen-bond donors (Lipinski definition) is 1. The van der Waals surface area contributed by atoms with Gasteiger partial charge in [0.2, 0.25) is 5.78 Å². The Hall–Kier alpha value is -2.74. The molecule has 0 bridgehead atoms. The molecule has 0 spiro atoms. The number of carbonyl (C=O) groups excluding carboxylic acids is 2. The highest BCUT2D eigenvalue weighted by Crippen LogP contribution is 2.76. The number of carbonyl (C=O) groups is 2. The van der Waals surface area contributed by atoms with E-state index in [-0.39, 0.29) is 6.07 Å². The standard InChI is InChI=1S/C16H4F12O3/c17-4-1-2-5-6(3-4)9(30)7(8(5)29)10(31)11(16(26,27)28)12(18,19)14(22,23)15(24,25)13(11,20)21/h1-3,30H. The molecule has 1 fully saturated rings. The molecule has 1 saturated carbocycles. The van der Waals surface area contributed by atoms with Crippen LogP contribution in [0.5, 0.6) is 0 Å². The first kappa shape index (κ1) is 22.9. The van der Waals surface area contributed by atoms with E-state index < -0.39 is 75.1 Å². The molecule has 3 rings (SSSR count). The van der Waals surface area contributed by atoms with Crippen LogP contribution in [0.4, 0.5) is 52.7 Å². The third kappa shape index (κ3) is 2.14. The largest absolute Gasteiger partial charge is 0.506 e. The fourth-order valence-corrected chi connectivity index (χ4v) is 3.52. The number of alkyl halides is 11. The minimum atomic E-state index is -7.49. The third-order valence-corrected chi connectivity index (χ3v) is 5.06. The zero-order chi connectivity index (χ0) is 24.2. The smallest absolute Gasteiger partial charge is 0.414 e. The Morgan fingerprint density at radius 2 is 1.26 bits per heavy atom. The van der Waals surface area contributed by atoms with Crippen LogP contribution in [0.25, 0.3) is 5.76 Å². The normalized spacial score (nSPS) is 25.0. The van der Waals surface area contributed by atoms with Gasteiger partial charge in [-0.15, -0.1) is 0 Å². The van der Waals surface area contributed by atoms with E-state index in [4.69, 9.17) is 0 Å². The van der Waals surface area contributed by atoms with E-state index >= 15 is 0 Å². The molecule has 0 unspecified atom stereocenters. The minimum Gasteiger partial charge on any atom is -0.506 e. The fraction of sp³-hybridized carbons (Fsp3) is 0.375. The molecular formula is C16H4F12O3. The maximum absolute atomic E-state index is 14.2. The lowest BCUT2D eigenvalue weighted by Crippen LogP contribution is -2.65. The number of ketones is 2. The first-order chi connectivity index (χ1) is 13.7. The second kappa shape index (κ2) is 5.73. The Morgan fingerprint density at radius 1 is 0.806 bits per heavy atom. The average Bonchev–Trinajstić information content (AvgIpc) is 2.85. The molecule has 1 N–H and O–H groups in total. The van der Waals surface area contributed by atoms with E-state index in [1.165, 1.54) is 0 Å². The number of rotatable bonds is 2. The Labute approximate surface area is 161 Å². The number of allylic oxidation sites excluding steroid dienone is 1. The number of aliphatic hydroxyl groups excluding tert-OH is 1. The highest BCUT2D eigenvalue weighted by atomic mass is 19.4. The van der Waals surface area contributed by atoms with Gasteiger partial charge < -0.3 is 5.11 Å². The first-order valence-corrected chi connectivity index (χ1v) is 7.64. The van der Waals surface area contributed by atoms with Crippen molar-refractivity contribution in [3.8, 4) is 0 Å². The van der Waals surface area contributed by atoms with Crippen molar-refractivity contribution in [3.63, 3.8) is 0 Å². The van der Waals surface area contributed by atoms with Crippen molar-refractivity contribution in [2.75, 3.05) is 0 Å². The lowest BCUT2D eigenvalue weighted by atomic mass is 9.72. The molecule has 0 atom stereocenters. The SMILES string of the molecule is O=C1C(C(=O)C2(C(F)(F)F)C(F)(F)C(F)(F)C(F)(F)C2(F)F)=C(O)c2cc(F)ccc21. The van der Waals surface area contributed by atoms with Crippen LogP contribution in [-0.2, 0) is 4.79 Å². The highest BCUT2D eigenvalue weighted by Gasteiger charge is 3.06. The summed E-state index contributed by atoms with van der Waals surface area (Å²) in [6, 6.07) is 1.01. The van der Waals surface area contributed by atoms with Crippen LogP contribution >= 0.6 is 0 Å². The Balaban J connectivity index is 2.42. The summed E-state index contributed by atoms with van der Waals surface area (Å²) in [7, 11) is 0. The van der Waals surface area contributed by atoms with Gasteiger partial charge in [-0.25, -0.2) is 4.39 Å². The topological polar surface area (TPSA) is 54.4 Å². The van der Waals surface area contributed by atoms with Gasteiger partial charge in [-0.05, 0) is 18.2 Å². The number of fused-ring (bicyclic) bond motifs is 1.